The van der Waals surface area contributed by atoms with Crippen LogP contribution in [0.2, 0.25) is 0 Å². The third-order valence-electron chi connectivity index (χ3n) is 3.06. The third kappa shape index (κ3) is 2.61. The summed E-state index contributed by atoms with van der Waals surface area (Å²) in [6.45, 7) is 2.67. The van der Waals surface area contributed by atoms with Gasteiger partial charge >= 0.3 is 0 Å². The summed E-state index contributed by atoms with van der Waals surface area (Å²) in [6.07, 6.45) is 5.70. The second kappa shape index (κ2) is 5.12. The van der Waals surface area contributed by atoms with Crippen molar-refractivity contribution in [1.29, 1.82) is 0 Å². The van der Waals surface area contributed by atoms with Gasteiger partial charge in [0.2, 0.25) is 5.91 Å². The molecule has 1 aliphatic rings. The number of likely N-dealkylation sites (tertiary alicyclic amines) is 1. The minimum atomic E-state index is 0.141. The van der Waals surface area contributed by atoms with E-state index in [0.29, 0.717) is 19.0 Å². The van der Waals surface area contributed by atoms with Gasteiger partial charge in [-0.15, -0.1) is 0 Å². The molecule has 16 heavy (non-hydrogen) atoms. The van der Waals surface area contributed by atoms with Crippen LogP contribution in [0, 0.1) is 5.92 Å². The number of rotatable bonds is 3. The Morgan fingerprint density at radius 3 is 3.12 bits per heavy atom. The number of hydrogen-bond donors (Lipinski definition) is 1. The molecule has 0 aliphatic carbocycles. The molecule has 0 radical (unpaired) electrons. The molecule has 0 saturated carbocycles. The second-order valence-electron chi connectivity index (χ2n) is 4.29. The van der Waals surface area contributed by atoms with Crippen molar-refractivity contribution >= 4 is 5.91 Å². The average Bonchev–Trinajstić information content (AvgIpc) is 2.82. The van der Waals surface area contributed by atoms with Crippen LogP contribution in [0.3, 0.4) is 0 Å². The van der Waals surface area contributed by atoms with Crippen LogP contribution < -0.4 is 5.73 Å². The Morgan fingerprint density at radius 2 is 2.44 bits per heavy atom. The lowest BCUT2D eigenvalue weighted by atomic mass is 9.98. The van der Waals surface area contributed by atoms with Crippen LogP contribution in [0.5, 0.6) is 0 Å². The number of nitrogens with zero attached hydrogens (tertiary/aromatic N) is 3. The number of carbonyl (C=O) groups is 1. The molecule has 1 atom stereocenters. The highest BCUT2D eigenvalue weighted by Gasteiger charge is 2.22. The summed E-state index contributed by atoms with van der Waals surface area (Å²) in [7, 11) is 0. The van der Waals surface area contributed by atoms with Gasteiger partial charge in [-0.25, -0.2) is 0 Å². The highest BCUT2D eigenvalue weighted by Crippen LogP contribution is 2.15. The predicted octanol–water partition coefficient (Wildman–Crippen LogP) is 0.0804. The molecule has 1 fully saturated rings. The lowest BCUT2D eigenvalue weighted by Crippen LogP contribution is -2.43. The van der Waals surface area contributed by atoms with Gasteiger partial charge in [0.1, 0.15) is 6.54 Å². The topological polar surface area (TPSA) is 64.2 Å². The first-order chi connectivity index (χ1) is 7.79. The Kier molecular flexibility index (Phi) is 3.56. The van der Waals surface area contributed by atoms with Crippen molar-refractivity contribution in [3.05, 3.63) is 18.5 Å². The van der Waals surface area contributed by atoms with Crippen molar-refractivity contribution in [2.75, 3.05) is 19.6 Å². The van der Waals surface area contributed by atoms with E-state index in [2.05, 4.69) is 5.10 Å². The van der Waals surface area contributed by atoms with Crippen LogP contribution in [-0.2, 0) is 11.3 Å². The highest BCUT2D eigenvalue weighted by molar-refractivity contribution is 5.76. The Bertz CT molecular complexity index is 336. The molecule has 2 heterocycles. The third-order valence-corrected chi connectivity index (χ3v) is 3.06. The quantitative estimate of drug-likeness (QED) is 0.787. The average molecular weight is 222 g/mol. The first-order valence-electron chi connectivity index (χ1n) is 5.75. The van der Waals surface area contributed by atoms with Crippen molar-refractivity contribution in [2.24, 2.45) is 11.7 Å². The maximum absolute atomic E-state index is 12.0. The van der Waals surface area contributed by atoms with Crippen molar-refractivity contribution in [3.63, 3.8) is 0 Å². The maximum atomic E-state index is 12.0. The summed E-state index contributed by atoms with van der Waals surface area (Å²) in [5, 5.41) is 4.03. The van der Waals surface area contributed by atoms with Crippen molar-refractivity contribution in [3.8, 4) is 0 Å². The standard InChI is InChI=1S/C11H18N4O/c12-7-10-3-1-5-14(8-10)11(16)9-15-6-2-4-13-15/h2,4,6,10H,1,3,5,7-9,12H2. The first-order valence-corrected chi connectivity index (χ1v) is 5.75. The van der Waals surface area contributed by atoms with E-state index in [9.17, 15) is 4.79 Å². The minimum Gasteiger partial charge on any atom is -0.341 e. The minimum absolute atomic E-state index is 0.141. The fourth-order valence-electron chi connectivity index (χ4n) is 2.12. The van der Waals surface area contributed by atoms with Crippen molar-refractivity contribution in [1.82, 2.24) is 14.7 Å². The number of carbonyl (C=O) groups excluding carboxylic acids is 1. The summed E-state index contributed by atoms with van der Waals surface area (Å²) in [5.74, 6) is 0.608. The Hall–Kier alpha value is -1.36. The van der Waals surface area contributed by atoms with Gasteiger partial charge in [-0.1, -0.05) is 0 Å². The molecule has 5 heteroatoms. The first kappa shape index (κ1) is 11.1. The number of aromatic nitrogens is 2. The monoisotopic (exact) mass is 222 g/mol. The van der Waals surface area contributed by atoms with Crippen LogP contribution in [0.4, 0.5) is 0 Å². The van der Waals surface area contributed by atoms with Gasteiger partial charge in [-0.2, -0.15) is 5.10 Å². The second-order valence-corrected chi connectivity index (χ2v) is 4.29. The summed E-state index contributed by atoms with van der Waals surface area (Å²) in [5.41, 5.74) is 5.65. The van der Waals surface area contributed by atoms with Crippen LogP contribution >= 0.6 is 0 Å². The zero-order chi connectivity index (χ0) is 11.4. The van der Waals surface area contributed by atoms with Gasteiger partial charge in [0.15, 0.2) is 0 Å². The lowest BCUT2D eigenvalue weighted by Gasteiger charge is -2.32. The van der Waals surface area contributed by atoms with Crippen LogP contribution in [-0.4, -0.2) is 40.2 Å². The molecule has 2 rings (SSSR count). The smallest absolute Gasteiger partial charge is 0.244 e. The van der Waals surface area contributed by atoms with E-state index < -0.39 is 0 Å². The molecule has 2 N–H and O–H groups in total. The normalized spacial score (nSPS) is 21.1. The zero-order valence-corrected chi connectivity index (χ0v) is 9.38. The van der Waals surface area contributed by atoms with E-state index in [4.69, 9.17) is 5.73 Å². The Balaban J connectivity index is 1.89. The van der Waals surface area contributed by atoms with Crippen LogP contribution in [0.1, 0.15) is 12.8 Å². The lowest BCUT2D eigenvalue weighted by molar-refractivity contribution is -0.133. The molecule has 0 spiro atoms. The largest absolute Gasteiger partial charge is 0.341 e. The van der Waals surface area contributed by atoms with E-state index >= 15 is 0 Å². The molecular weight excluding hydrogens is 204 g/mol. The molecule has 0 bridgehead atoms. The number of hydrogen-bond acceptors (Lipinski definition) is 3. The van der Waals surface area contributed by atoms with E-state index in [0.717, 1.165) is 25.9 Å². The van der Waals surface area contributed by atoms with Gasteiger partial charge < -0.3 is 10.6 Å². The molecule has 5 nitrogen and oxygen atoms in total. The predicted molar refractivity (Wildman–Crippen MR) is 60.6 cm³/mol. The van der Waals surface area contributed by atoms with Gasteiger partial charge in [0.05, 0.1) is 0 Å². The van der Waals surface area contributed by atoms with E-state index in [1.807, 2.05) is 17.2 Å². The Labute approximate surface area is 95.2 Å². The van der Waals surface area contributed by atoms with Gasteiger partial charge in [-0.05, 0) is 31.4 Å². The van der Waals surface area contributed by atoms with Gasteiger partial charge in [0.25, 0.3) is 0 Å². The number of piperidine rings is 1. The highest BCUT2D eigenvalue weighted by atomic mass is 16.2. The van der Waals surface area contributed by atoms with Crippen LogP contribution in [0.15, 0.2) is 18.5 Å². The SMILES string of the molecule is NCC1CCCN(C(=O)Cn2cccn2)C1. The fraction of sp³-hybridized carbons (Fsp3) is 0.636. The zero-order valence-electron chi connectivity index (χ0n) is 9.38. The van der Waals surface area contributed by atoms with Crippen molar-refractivity contribution in [2.45, 2.75) is 19.4 Å². The molecule has 1 unspecified atom stereocenters. The summed E-state index contributed by atoms with van der Waals surface area (Å²) >= 11 is 0. The summed E-state index contributed by atoms with van der Waals surface area (Å²) in [6, 6.07) is 1.83. The summed E-state index contributed by atoms with van der Waals surface area (Å²) < 4.78 is 1.66. The fourth-order valence-corrected chi connectivity index (χ4v) is 2.12. The molecule has 1 saturated heterocycles. The van der Waals surface area contributed by atoms with Gasteiger partial charge in [-0.3, -0.25) is 9.48 Å². The number of amides is 1. The molecule has 0 aromatic carbocycles. The summed E-state index contributed by atoms with van der Waals surface area (Å²) in [4.78, 5) is 13.9. The van der Waals surface area contributed by atoms with Crippen LogP contribution in [0.25, 0.3) is 0 Å². The molecule has 1 aromatic heterocycles. The molecular formula is C11H18N4O. The maximum Gasteiger partial charge on any atom is 0.244 e. The number of nitrogens with two attached hydrogens (primary N) is 1. The van der Waals surface area contributed by atoms with E-state index in [1.54, 1.807) is 10.9 Å². The molecule has 1 amide bonds. The van der Waals surface area contributed by atoms with E-state index in [-0.39, 0.29) is 5.91 Å². The molecule has 1 aliphatic heterocycles. The van der Waals surface area contributed by atoms with Gasteiger partial charge in [0, 0.05) is 25.5 Å². The molecule has 1 aromatic rings. The molecule has 88 valence electrons. The van der Waals surface area contributed by atoms with E-state index in [1.165, 1.54) is 0 Å². The van der Waals surface area contributed by atoms with Crippen molar-refractivity contribution < 1.29 is 4.79 Å². The Morgan fingerprint density at radius 1 is 1.56 bits per heavy atom.